The van der Waals surface area contributed by atoms with Gasteiger partial charge in [-0.05, 0) is 66.7 Å². The number of hydrogen-bond donors (Lipinski definition) is 1. The maximum Gasteiger partial charge on any atom is 0.243 e. The number of anilines is 1. The van der Waals surface area contributed by atoms with E-state index in [1.807, 2.05) is 6.07 Å². The smallest absolute Gasteiger partial charge is 0.243 e. The van der Waals surface area contributed by atoms with Gasteiger partial charge in [-0.1, -0.05) is 11.6 Å². The number of rotatable bonds is 8. The van der Waals surface area contributed by atoms with E-state index in [-0.39, 0.29) is 10.6 Å². The van der Waals surface area contributed by atoms with Crippen LogP contribution in [0.3, 0.4) is 0 Å². The molecule has 0 fully saturated rings. The van der Waals surface area contributed by atoms with Gasteiger partial charge in [0, 0.05) is 12.1 Å². The van der Waals surface area contributed by atoms with Crippen LogP contribution in [-0.2, 0) is 14.8 Å². The number of nitriles is 1. The van der Waals surface area contributed by atoms with Gasteiger partial charge in [0.1, 0.15) is 11.5 Å². The summed E-state index contributed by atoms with van der Waals surface area (Å²) in [5.74, 6) is 0.916. The third kappa shape index (κ3) is 6.02. The number of carbonyl (C=O) groups is 1. The molecule has 33 heavy (non-hydrogen) atoms. The Labute approximate surface area is 197 Å². The van der Waals surface area contributed by atoms with Gasteiger partial charge in [-0.3, -0.25) is 4.79 Å². The molecule has 0 aromatic heterocycles. The first-order valence-corrected chi connectivity index (χ1v) is 11.4. The van der Waals surface area contributed by atoms with Crippen molar-refractivity contribution in [2.75, 3.05) is 26.0 Å². The first-order chi connectivity index (χ1) is 15.7. The van der Waals surface area contributed by atoms with Crippen LogP contribution in [0.5, 0.6) is 17.2 Å². The summed E-state index contributed by atoms with van der Waals surface area (Å²) >= 11 is 6.07. The number of ether oxygens (including phenoxy) is 2. The topological polar surface area (TPSA) is 109 Å². The molecule has 0 spiro atoms. The van der Waals surface area contributed by atoms with Crippen molar-refractivity contribution in [1.82, 2.24) is 4.31 Å². The molecule has 0 heterocycles. The van der Waals surface area contributed by atoms with Crippen molar-refractivity contribution in [1.29, 1.82) is 5.26 Å². The molecule has 3 aromatic rings. The van der Waals surface area contributed by atoms with E-state index in [0.29, 0.717) is 27.8 Å². The van der Waals surface area contributed by atoms with Crippen LogP contribution in [0.1, 0.15) is 5.56 Å². The first kappa shape index (κ1) is 24.1. The average Bonchev–Trinajstić information content (AvgIpc) is 2.81. The van der Waals surface area contributed by atoms with Crippen molar-refractivity contribution in [2.24, 2.45) is 0 Å². The molecule has 1 amide bonds. The number of halogens is 1. The highest BCUT2D eigenvalue weighted by Crippen LogP contribution is 2.32. The van der Waals surface area contributed by atoms with Gasteiger partial charge in [0.2, 0.25) is 15.9 Å². The van der Waals surface area contributed by atoms with Gasteiger partial charge in [0.05, 0.1) is 35.9 Å². The van der Waals surface area contributed by atoms with Crippen molar-refractivity contribution in [3.63, 3.8) is 0 Å². The summed E-state index contributed by atoms with van der Waals surface area (Å²) in [5.41, 5.74) is 0.618. The van der Waals surface area contributed by atoms with Crippen molar-refractivity contribution >= 4 is 33.2 Å². The zero-order valence-electron chi connectivity index (χ0n) is 17.8. The third-order valence-electron chi connectivity index (χ3n) is 4.56. The minimum absolute atomic E-state index is 0.0249. The summed E-state index contributed by atoms with van der Waals surface area (Å²) in [7, 11) is -1.08. The first-order valence-electron chi connectivity index (χ1n) is 9.61. The Morgan fingerprint density at radius 3 is 2.30 bits per heavy atom. The van der Waals surface area contributed by atoms with Gasteiger partial charge in [0.15, 0.2) is 5.75 Å². The number of methoxy groups -OCH3 is 1. The second kappa shape index (κ2) is 10.4. The van der Waals surface area contributed by atoms with Crippen LogP contribution in [0.15, 0.2) is 71.6 Å². The van der Waals surface area contributed by atoms with E-state index in [1.165, 1.54) is 37.4 Å². The Morgan fingerprint density at radius 2 is 1.70 bits per heavy atom. The van der Waals surface area contributed by atoms with Crippen molar-refractivity contribution in [2.45, 2.75) is 4.90 Å². The molecule has 0 aliphatic carbocycles. The van der Waals surface area contributed by atoms with E-state index in [4.69, 9.17) is 26.3 Å². The molecule has 170 valence electrons. The molecule has 10 heteroatoms. The molecule has 0 radical (unpaired) electrons. The lowest BCUT2D eigenvalue weighted by Crippen LogP contribution is -2.35. The number of benzene rings is 3. The van der Waals surface area contributed by atoms with E-state index in [0.717, 1.165) is 4.31 Å². The molecule has 0 unspecified atom stereocenters. The second-order valence-electron chi connectivity index (χ2n) is 6.86. The number of sulfonamides is 1. The quantitative estimate of drug-likeness (QED) is 0.510. The molecule has 3 aromatic carbocycles. The molecule has 1 N–H and O–H groups in total. The van der Waals surface area contributed by atoms with Gasteiger partial charge in [-0.15, -0.1) is 0 Å². The molecule has 0 atom stereocenters. The summed E-state index contributed by atoms with van der Waals surface area (Å²) in [4.78, 5) is 12.6. The molecule has 0 aliphatic rings. The van der Waals surface area contributed by atoms with E-state index < -0.39 is 22.5 Å². The predicted molar refractivity (Wildman–Crippen MR) is 124 cm³/mol. The Hall–Kier alpha value is -3.58. The molecule has 0 aliphatic heterocycles. The fraction of sp³-hybridized carbons (Fsp3) is 0.130. The van der Waals surface area contributed by atoms with E-state index in [1.54, 1.807) is 43.5 Å². The summed E-state index contributed by atoms with van der Waals surface area (Å²) in [6.07, 6.45) is 0. The Bertz CT molecular complexity index is 1290. The van der Waals surface area contributed by atoms with E-state index in [9.17, 15) is 13.2 Å². The lowest BCUT2D eigenvalue weighted by molar-refractivity contribution is -0.116. The molecule has 0 saturated heterocycles. The predicted octanol–water partition coefficient (Wildman–Crippen LogP) is 4.27. The summed E-state index contributed by atoms with van der Waals surface area (Å²) in [5, 5.41) is 11.9. The fourth-order valence-electron chi connectivity index (χ4n) is 2.82. The van der Waals surface area contributed by atoms with Crippen LogP contribution in [0, 0.1) is 11.3 Å². The van der Waals surface area contributed by atoms with Gasteiger partial charge in [-0.2, -0.15) is 9.57 Å². The zero-order chi connectivity index (χ0) is 24.0. The highest BCUT2D eigenvalue weighted by Gasteiger charge is 2.23. The van der Waals surface area contributed by atoms with Crippen LogP contribution in [0.4, 0.5) is 5.69 Å². The highest BCUT2D eigenvalue weighted by molar-refractivity contribution is 7.89. The molecule has 3 rings (SSSR count). The Morgan fingerprint density at radius 1 is 1.06 bits per heavy atom. The summed E-state index contributed by atoms with van der Waals surface area (Å²) < 4.78 is 37.4. The van der Waals surface area contributed by atoms with E-state index in [2.05, 4.69) is 5.32 Å². The number of likely N-dealkylation sites (N-methyl/N-ethyl adjacent to an activating group) is 1. The van der Waals surface area contributed by atoms with Crippen molar-refractivity contribution in [3.05, 3.63) is 77.3 Å². The fourth-order valence-corrected chi connectivity index (χ4v) is 4.12. The van der Waals surface area contributed by atoms with Crippen molar-refractivity contribution < 1.29 is 22.7 Å². The third-order valence-corrected chi connectivity index (χ3v) is 6.61. The van der Waals surface area contributed by atoms with Crippen LogP contribution in [0.25, 0.3) is 0 Å². The number of hydrogen-bond acceptors (Lipinski definition) is 6. The standard InChI is InChI=1S/C23H20ClN3O5S/c1-27(33(29,30)20-10-3-16(14-25)4-11-20)15-23(28)26-21-13-17(24)5-12-22(21)32-19-8-6-18(31-2)7-9-19/h3-13H,15H2,1-2H3,(H,26,28). The van der Waals surface area contributed by atoms with Crippen LogP contribution in [-0.4, -0.2) is 39.3 Å². The largest absolute Gasteiger partial charge is 0.497 e. The van der Waals surface area contributed by atoms with E-state index >= 15 is 0 Å². The maximum absolute atomic E-state index is 12.7. The molecule has 0 bridgehead atoms. The SMILES string of the molecule is COc1ccc(Oc2ccc(Cl)cc2NC(=O)CN(C)S(=O)(=O)c2ccc(C#N)cc2)cc1. The zero-order valence-corrected chi connectivity index (χ0v) is 19.4. The van der Waals surface area contributed by atoms with Gasteiger partial charge in [-0.25, -0.2) is 8.42 Å². The normalized spacial score (nSPS) is 11.0. The number of carbonyl (C=O) groups excluding carboxylic acids is 1. The highest BCUT2D eigenvalue weighted by atomic mass is 35.5. The number of nitrogens with one attached hydrogen (secondary N) is 1. The molecule has 8 nitrogen and oxygen atoms in total. The van der Waals surface area contributed by atoms with Crippen LogP contribution >= 0.6 is 11.6 Å². The molecule has 0 saturated carbocycles. The summed E-state index contributed by atoms with van der Waals surface area (Å²) in [6, 6.07) is 18.9. The van der Waals surface area contributed by atoms with Crippen molar-refractivity contribution in [3.8, 4) is 23.3 Å². The maximum atomic E-state index is 12.7. The Kier molecular flexibility index (Phi) is 7.55. The lowest BCUT2D eigenvalue weighted by atomic mass is 10.2. The average molecular weight is 486 g/mol. The second-order valence-corrected chi connectivity index (χ2v) is 9.34. The van der Waals surface area contributed by atoms with Crippen LogP contribution in [0.2, 0.25) is 5.02 Å². The molecular weight excluding hydrogens is 466 g/mol. The van der Waals surface area contributed by atoms with Crippen LogP contribution < -0.4 is 14.8 Å². The minimum atomic E-state index is -3.93. The number of nitrogens with zero attached hydrogens (tertiary/aromatic N) is 2. The monoisotopic (exact) mass is 485 g/mol. The summed E-state index contributed by atoms with van der Waals surface area (Å²) in [6.45, 7) is -0.448. The van der Waals surface area contributed by atoms with Gasteiger partial charge >= 0.3 is 0 Å². The Balaban J connectivity index is 1.73. The lowest BCUT2D eigenvalue weighted by Gasteiger charge is -2.18. The minimum Gasteiger partial charge on any atom is -0.497 e. The molecular formula is C23H20ClN3O5S. The van der Waals surface area contributed by atoms with Gasteiger partial charge < -0.3 is 14.8 Å². The van der Waals surface area contributed by atoms with Gasteiger partial charge in [0.25, 0.3) is 0 Å². The number of amides is 1.